The second kappa shape index (κ2) is 8.14. The summed E-state index contributed by atoms with van der Waals surface area (Å²) in [7, 11) is 0. The number of primary amides is 1. The van der Waals surface area contributed by atoms with Gasteiger partial charge in [-0.2, -0.15) is 0 Å². The van der Waals surface area contributed by atoms with Crippen molar-refractivity contribution in [2.75, 3.05) is 19.9 Å². The van der Waals surface area contributed by atoms with Gasteiger partial charge >= 0.3 is 0 Å². The van der Waals surface area contributed by atoms with Crippen molar-refractivity contribution >= 4 is 5.91 Å². The number of ether oxygens (including phenoxy) is 2. The van der Waals surface area contributed by atoms with Crippen molar-refractivity contribution in [2.24, 2.45) is 11.7 Å². The van der Waals surface area contributed by atoms with E-state index in [0.29, 0.717) is 6.54 Å². The van der Waals surface area contributed by atoms with E-state index in [9.17, 15) is 4.79 Å². The van der Waals surface area contributed by atoms with Crippen LogP contribution in [0.15, 0.2) is 18.2 Å². The minimum Gasteiger partial charge on any atom is -0.454 e. The molecular formula is C19H27N6O3+. The third kappa shape index (κ3) is 3.80. The minimum atomic E-state index is -0.182. The lowest BCUT2D eigenvalue weighted by atomic mass is 9.94. The third-order valence-electron chi connectivity index (χ3n) is 5.74. The topological polar surface area (TPSA) is 110 Å². The number of nitrogens with two attached hydrogens (primary N) is 1. The van der Waals surface area contributed by atoms with E-state index in [1.54, 1.807) is 0 Å². The number of quaternary nitrogens is 1. The molecule has 1 fully saturated rings. The number of benzene rings is 1. The molecule has 0 unspecified atom stereocenters. The molecule has 9 nitrogen and oxygen atoms in total. The van der Waals surface area contributed by atoms with E-state index in [2.05, 4.69) is 22.4 Å². The Labute approximate surface area is 163 Å². The molecule has 0 saturated carbocycles. The summed E-state index contributed by atoms with van der Waals surface area (Å²) in [6.07, 6.45) is 3.70. The molecule has 1 saturated heterocycles. The lowest BCUT2D eigenvalue weighted by Gasteiger charge is -2.33. The molecule has 28 heavy (non-hydrogen) atoms. The number of nitrogens with zero attached hydrogens (tertiary/aromatic N) is 4. The molecule has 1 amide bonds. The summed E-state index contributed by atoms with van der Waals surface area (Å²) in [6, 6.07) is 6.13. The van der Waals surface area contributed by atoms with Crippen LogP contribution in [-0.2, 0) is 11.3 Å². The highest BCUT2D eigenvalue weighted by Gasteiger charge is 2.34. The van der Waals surface area contributed by atoms with E-state index in [1.165, 1.54) is 4.90 Å². The van der Waals surface area contributed by atoms with E-state index in [1.807, 2.05) is 22.9 Å². The summed E-state index contributed by atoms with van der Waals surface area (Å²) >= 11 is 0. The van der Waals surface area contributed by atoms with Crippen LogP contribution in [0.1, 0.15) is 50.0 Å². The first-order chi connectivity index (χ1) is 13.7. The molecule has 3 heterocycles. The van der Waals surface area contributed by atoms with Gasteiger partial charge in [0.15, 0.2) is 11.5 Å². The van der Waals surface area contributed by atoms with Gasteiger partial charge in [-0.1, -0.05) is 19.4 Å². The maximum Gasteiger partial charge on any atom is 0.231 e. The zero-order valence-corrected chi connectivity index (χ0v) is 16.1. The molecule has 0 radical (unpaired) electrons. The van der Waals surface area contributed by atoms with Gasteiger partial charge in [0.05, 0.1) is 19.6 Å². The highest BCUT2D eigenvalue weighted by atomic mass is 16.7. The number of tetrazole rings is 1. The molecule has 1 atom stereocenters. The Kier molecular flexibility index (Phi) is 5.43. The zero-order chi connectivity index (χ0) is 19.5. The van der Waals surface area contributed by atoms with Crippen LogP contribution >= 0.6 is 0 Å². The number of nitrogens with one attached hydrogen (secondary N) is 1. The number of piperidine rings is 1. The number of rotatable bonds is 7. The molecule has 2 aliphatic rings. The number of carbonyl (C=O) groups excluding carboxylic acids is 1. The molecule has 0 aliphatic carbocycles. The van der Waals surface area contributed by atoms with Gasteiger partial charge in [-0.15, -0.1) is 5.10 Å². The average Bonchev–Trinajstić information content (AvgIpc) is 3.35. The number of likely N-dealkylation sites (tertiary alicyclic amines) is 1. The maximum absolute atomic E-state index is 11.5. The van der Waals surface area contributed by atoms with Gasteiger partial charge in [0.1, 0.15) is 6.04 Å². The van der Waals surface area contributed by atoms with Crippen molar-refractivity contribution in [1.29, 1.82) is 0 Å². The molecule has 2 aliphatic heterocycles. The third-order valence-corrected chi connectivity index (χ3v) is 5.74. The average molecular weight is 387 g/mol. The molecule has 9 heteroatoms. The lowest BCUT2D eigenvalue weighted by Crippen LogP contribution is -3.13. The fourth-order valence-electron chi connectivity index (χ4n) is 4.21. The van der Waals surface area contributed by atoms with Gasteiger partial charge < -0.3 is 20.1 Å². The molecule has 2 aromatic rings. The van der Waals surface area contributed by atoms with Gasteiger partial charge in [0.25, 0.3) is 0 Å². The second-order valence-electron chi connectivity index (χ2n) is 7.56. The molecule has 0 spiro atoms. The smallest absolute Gasteiger partial charge is 0.231 e. The largest absolute Gasteiger partial charge is 0.454 e. The van der Waals surface area contributed by atoms with Crippen molar-refractivity contribution in [1.82, 2.24) is 20.2 Å². The Morgan fingerprint density at radius 2 is 2.11 bits per heavy atom. The SMILES string of the molecule is CCC[C@H](c1nnnn1Cc1ccc2c(c1)OCO2)[NH+]1CCC(C(N)=O)CC1. The van der Waals surface area contributed by atoms with Gasteiger partial charge in [-0.25, -0.2) is 4.68 Å². The molecule has 1 aromatic heterocycles. The van der Waals surface area contributed by atoms with Gasteiger partial charge in [0.2, 0.25) is 18.5 Å². The quantitative estimate of drug-likeness (QED) is 0.696. The van der Waals surface area contributed by atoms with E-state index < -0.39 is 0 Å². The van der Waals surface area contributed by atoms with Crippen LogP contribution < -0.4 is 20.1 Å². The molecule has 4 rings (SSSR count). The van der Waals surface area contributed by atoms with Crippen molar-refractivity contribution in [2.45, 2.75) is 45.2 Å². The van der Waals surface area contributed by atoms with Gasteiger partial charge in [0, 0.05) is 25.2 Å². The maximum atomic E-state index is 11.5. The standard InChI is InChI=1S/C19H26N6O3/c1-2-3-15(24-8-6-14(7-9-24)18(20)26)19-21-22-23-25(19)11-13-4-5-16-17(10-13)28-12-27-16/h4-5,10,14-15H,2-3,6-9,11-12H2,1H3,(H2,20,26)/p+1/t15-/m1/s1. The Morgan fingerprint density at radius 1 is 1.32 bits per heavy atom. The number of hydrogen-bond donors (Lipinski definition) is 2. The van der Waals surface area contributed by atoms with Gasteiger partial charge in [-0.3, -0.25) is 4.79 Å². The first kappa shape index (κ1) is 18.7. The van der Waals surface area contributed by atoms with E-state index in [4.69, 9.17) is 15.2 Å². The summed E-state index contributed by atoms with van der Waals surface area (Å²) in [4.78, 5) is 12.9. The Hall–Kier alpha value is -2.68. The predicted octanol–water partition coefficient (Wildman–Crippen LogP) is 0.0715. The monoisotopic (exact) mass is 387 g/mol. The van der Waals surface area contributed by atoms with Crippen LogP contribution in [0.4, 0.5) is 0 Å². The van der Waals surface area contributed by atoms with Crippen LogP contribution in [0.2, 0.25) is 0 Å². The van der Waals surface area contributed by atoms with E-state index in [0.717, 1.165) is 61.7 Å². The van der Waals surface area contributed by atoms with Crippen molar-refractivity contribution in [3.05, 3.63) is 29.6 Å². The van der Waals surface area contributed by atoms with Crippen LogP contribution in [0.5, 0.6) is 11.5 Å². The highest BCUT2D eigenvalue weighted by molar-refractivity contribution is 5.76. The Bertz CT molecular complexity index is 831. The number of hydrogen-bond acceptors (Lipinski definition) is 6. The molecular weight excluding hydrogens is 360 g/mol. The normalized spacial score (nSPS) is 22.2. The van der Waals surface area contributed by atoms with E-state index >= 15 is 0 Å². The second-order valence-corrected chi connectivity index (χ2v) is 7.56. The van der Waals surface area contributed by atoms with E-state index in [-0.39, 0.29) is 24.7 Å². The summed E-state index contributed by atoms with van der Waals surface area (Å²) in [5.41, 5.74) is 6.55. The molecule has 0 bridgehead atoms. The van der Waals surface area contributed by atoms with Crippen LogP contribution in [0.3, 0.4) is 0 Å². The van der Waals surface area contributed by atoms with Crippen molar-refractivity contribution in [3.8, 4) is 11.5 Å². The van der Waals surface area contributed by atoms with Crippen LogP contribution in [0, 0.1) is 5.92 Å². The number of amides is 1. The summed E-state index contributed by atoms with van der Waals surface area (Å²) in [6.45, 7) is 4.84. The lowest BCUT2D eigenvalue weighted by molar-refractivity contribution is -0.938. The first-order valence-corrected chi connectivity index (χ1v) is 9.94. The molecule has 150 valence electrons. The summed E-state index contributed by atoms with van der Waals surface area (Å²) in [5.74, 6) is 2.24. The fraction of sp³-hybridized carbons (Fsp3) is 0.579. The zero-order valence-electron chi connectivity index (χ0n) is 16.1. The Balaban J connectivity index is 1.51. The summed E-state index contributed by atoms with van der Waals surface area (Å²) in [5, 5.41) is 12.6. The van der Waals surface area contributed by atoms with Crippen molar-refractivity contribution in [3.63, 3.8) is 0 Å². The Morgan fingerprint density at radius 3 is 2.86 bits per heavy atom. The molecule has 3 N–H and O–H groups in total. The molecule has 1 aromatic carbocycles. The number of fused-ring (bicyclic) bond motifs is 1. The van der Waals surface area contributed by atoms with Crippen LogP contribution in [0.25, 0.3) is 0 Å². The number of carbonyl (C=O) groups is 1. The van der Waals surface area contributed by atoms with Crippen molar-refractivity contribution < 1.29 is 19.2 Å². The highest BCUT2D eigenvalue weighted by Crippen LogP contribution is 2.32. The number of aromatic nitrogens is 4. The first-order valence-electron chi connectivity index (χ1n) is 9.94. The van der Waals surface area contributed by atoms with Gasteiger partial charge in [-0.05, 0) is 28.1 Å². The summed E-state index contributed by atoms with van der Waals surface area (Å²) < 4.78 is 12.7. The fourth-order valence-corrected chi connectivity index (χ4v) is 4.21. The minimum absolute atomic E-state index is 0.00402. The van der Waals surface area contributed by atoms with Crippen LogP contribution in [-0.4, -0.2) is 46.0 Å². The predicted molar refractivity (Wildman–Crippen MR) is 99.7 cm³/mol.